The Hall–Kier alpha value is -3.00. The van der Waals surface area contributed by atoms with Crippen molar-refractivity contribution in [2.75, 3.05) is 60.0 Å². The molecule has 1 saturated heterocycles. The molecule has 0 saturated carbocycles. The van der Waals surface area contributed by atoms with Gasteiger partial charge in [0.1, 0.15) is 32.0 Å². The first-order valence-corrected chi connectivity index (χ1v) is 11.4. The first-order valence-electron chi connectivity index (χ1n) is 11.4. The van der Waals surface area contributed by atoms with Gasteiger partial charge >= 0.3 is 5.97 Å². The number of carbonyl (C=O) groups is 1. The van der Waals surface area contributed by atoms with Gasteiger partial charge in [-0.25, -0.2) is 10.0 Å². The molecular formula is C26H32N3O4+. The highest BCUT2D eigenvalue weighted by Gasteiger charge is 2.34. The molecule has 0 bridgehead atoms. The van der Waals surface area contributed by atoms with Crippen molar-refractivity contribution in [2.24, 2.45) is 4.99 Å². The Kier molecular flexibility index (Phi) is 6.93. The maximum absolute atomic E-state index is 12.9. The quantitative estimate of drug-likeness (QED) is 0.519. The SMILES string of the molecule is CCOC(=O)C1=C(c2ccccc2)c2ccc(OCC[N+]3(O)CCN(C)CC3)cc2/C1=N\C. The summed E-state index contributed by atoms with van der Waals surface area (Å²) in [5.74, 6) is 0.311. The van der Waals surface area contributed by atoms with Crippen LogP contribution in [0, 0.1) is 0 Å². The fourth-order valence-electron chi connectivity index (χ4n) is 4.45. The van der Waals surface area contributed by atoms with Crippen LogP contribution in [0.15, 0.2) is 59.1 Å². The zero-order valence-electron chi connectivity index (χ0n) is 19.6. The van der Waals surface area contributed by atoms with E-state index in [9.17, 15) is 10.0 Å². The molecule has 2 aromatic carbocycles. The maximum atomic E-state index is 12.9. The van der Waals surface area contributed by atoms with E-state index in [1.165, 1.54) is 0 Å². The average Bonchev–Trinajstić information content (AvgIpc) is 3.15. The number of nitrogens with zero attached hydrogens (tertiary/aromatic N) is 3. The van der Waals surface area contributed by atoms with Gasteiger partial charge in [0, 0.05) is 18.2 Å². The Morgan fingerprint density at radius 3 is 2.52 bits per heavy atom. The van der Waals surface area contributed by atoms with Crippen LogP contribution in [0.1, 0.15) is 23.6 Å². The third-order valence-electron chi connectivity index (χ3n) is 6.34. The standard InChI is InChI=1S/C26H32N3O4/c1-4-32-26(30)24-23(19-8-6-5-7-9-19)21-11-10-20(18-22(21)25(24)27-2)33-17-16-29(31)14-12-28(3)13-15-29/h5-11,18,31H,4,12-17H2,1-3H3/q+1/b27-25+. The molecule has 174 valence electrons. The zero-order valence-corrected chi connectivity index (χ0v) is 19.6. The van der Waals surface area contributed by atoms with Gasteiger partial charge in [0.25, 0.3) is 0 Å². The van der Waals surface area contributed by atoms with Crippen LogP contribution in [0.4, 0.5) is 0 Å². The molecule has 7 nitrogen and oxygen atoms in total. The molecule has 1 heterocycles. The highest BCUT2D eigenvalue weighted by Crippen LogP contribution is 2.40. The average molecular weight is 451 g/mol. The van der Waals surface area contributed by atoms with Crippen molar-refractivity contribution in [2.45, 2.75) is 6.92 Å². The lowest BCUT2D eigenvalue weighted by atomic mass is 9.97. The molecule has 0 aromatic heterocycles. The van der Waals surface area contributed by atoms with Crippen molar-refractivity contribution in [3.63, 3.8) is 0 Å². The summed E-state index contributed by atoms with van der Waals surface area (Å²) in [6.07, 6.45) is 0. The first kappa shape index (κ1) is 23.2. The van der Waals surface area contributed by atoms with Crippen LogP contribution in [0.5, 0.6) is 5.75 Å². The second-order valence-electron chi connectivity index (χ2n) is 8.53. The van der Waals surface area contributed by atoms with E-state index in [-0.39, 0.29) is 10.6 Å². The monoisotopic (exact) mass is 450 g/mol. The van der Waals surface area contributed by atoms with Gasteiger partial charge in [-0.05, 0) is 43.3 Å². The summed E-state index contributed by atoms with van der Waals surface area (Å²) < 4.78 is 11.4. The number of hydrogen-bond donors (Lipinski definition) is 1. The predicted molar refractivity (Wildman–Crippen MR) is 128 cm³/mol. The lowest BCUT2D eigenvalue weighted by Crippen LogP contribution is -2.58. The number of rotatable bonds is 7. The number of fused-ring (bicyclic) bond motifs is 1. The number of quaternary nitrogens is 1. The van der Waals surface area contributed by atoms with Crippen LogP contribution < -0.4 is 4.74 Å². The molecule has 0 amide bonds. The van der Waals surface area contributed by atoms with Crippen molar-refractivity contribution < 1.29 is 24.1 Å². The van der Waals surface area contributed by atoms with E-state index in [2.05, 4.69) is 16.9 Å². The fourth-order valence-corrected chi connectivity index (χ4v) is 4.45. The largest absolute Gasteiger partial charge is 0.488 e. The minimum Gasteiger partial charge on any atom is -0.488 e. The van der Waals surface area contributed by atoms with E-state index in [0.29, 0.717) is 49.9 Å². The third-order valence-corrected chi connectivity index (χ3v) is 6.34. The van der Waals surface area contributed by atoms with Gasteiger partial charge in [0.15, 0.2) is 0 Å². The van der Waals surface area contributed by atoms with Crippen molar-refractivity contribution in [1.82, 2.24) is 4.90 Å². The van der Waals surface area contributed by atoms with Crippen LogP contribution in [0.25, 0.3) is 5.57 Å². The Labute approximate surface area is 195 Å². The van der Waals surface area contributed by atoms with Crippen molar-refractivity contribution in [3.8, 4) is 5.75 Å². The van der Waals surface area contributed by atoms with Crippen LogP contribution >= 0.6 is 0 Å². The number of esters is 1. The molecule has 2 aliphatic rings. The van der Waals surface area contributed by atoms with Crippen LogP contribution in [0.3, 0.4) is 0 Å². The molecule has 0 spiro atoms. The van der Waals surface area contributed by atoms with Gasteiger partial charge in [0.05, 0.1) is 31.0 Å². The van der Waals surface area contributed by atoms with Gasteiger partial charge in [-0.2, -0.15) is 4.65 Å². The van der Waals surface area contributed by atoms with Gasteiger partial charge in [0.2, 0.25) is 0 Å². The number of aliphatic imine (C=N–C) groups is 1. The molecule has 0 radical (unpaired) electrons. The van der Waals surface area contributed by atoms with Crippen LogP contribution in [-0.4, -0.2) is 86.5 Å². The molecule has 1 N–H and O–H groups in total. The van der Waals surface area contributed by atoms with Crippen molar-refractivity contribution >= 4 is 17.3 Å². The topological polar surface area (TPSA) is 71.4 Å². The Balaban J connectivity index is 1.59. The minimum absolute atomic E-state index is 0.0314. The number of likely N-dealkylation sites (N-methyl/N-ethyl adjacent to an activating group) is 1. The molecule has 0 unspecified atom stereocenters. The normalized spacial score (nSPS) is 19.0. The molecule has 1 aliphatic carbocycles. The van der Waals surface area contributed by atoms with Crippen LogP contribution in [0.2, 0.25) is 0 Å². The number of benzene rings is 2. The summed E-state index contributed by atoms with van der Waals surface area (Å²) in [6, 6.07) is 15.7. The summed E-state index contributed by atoms with van der Waals surface area (Å²) in [5, 5.41) is 10.8. The minimum atomic E-state index is -0.377. The highest BCUT2D eigenvalue weighted by molar-refractivity contribution is 6.37. The second-order valence-corrected chi connectivity index (χ2v) is 8.53. The fraction of sp³-hybridized carbons (Fsp3) is 0.385. The molecule has 1 aliphatic heterocycles. The molecule has 1 fully saturated rings. The molecule has 7 heteroatoms. The van der Waals surface area contributed by atoms with Crippen molar-refractivity contribution in [3.05, 3.63) is 70.8 Å². The number of hydrogen-bond acceptors (Lipinski definition) is 6. The van der Waals surface area contributed by atoms with E-state index in [4.69, 9.17) is 9.47 Å². The lowest BCUT2D eigenvalue weighted by Gasteiger charge is -2.36. The van der Waals surface area contributed by atoms with Gasteiger partial charge in [-0.15, -0.1) is 0 Å². The first-order chi connectivity index (χ1) is 16.0. The highest BCUT2D eigenvalue weighted by atomic mass is 16.6. The molecule has 2 aromatic rings. The van der Waals surface area contributed by atoms with Gasteiger partial charge < -0.3 is 9.47 Å². The Bertz CT molecular complexity index is 1070. The maximum Gasteiger partial charge on any atom is 0.340 e. The molecule has 0 atom stereocenters. The smallest absolute Gasteiger partial charge is 0.340 e. The molecular weight excluding hydrogens is 418 g/mol. The molecule has 33 heavy (non-hydrogen) atoms. The van der Waals surface area contributed by atoms with E-state index < -0.39 is 0 Å². The summed E-state index contributed by atoms with van der Waals surface area (Å²) in [7, 11) is 3.76. The summed E-state index contributed by atoms with van der Waals surface area (Å²) >= 11 is 0. The summed E-state index contributed by atoms with van der Waals surface area (Å²) in [4.78, 5) is 19.6. The third kappa shape index (κ3) is 4.85. The number of piperazine rings is 1. The second kappa shape index (κ2) is 9.87. The summed E-state index contributed by atoms with van der Waals surface area (Å²) in [5.41, 5.74) is 4.64. The van der Waals surface area contributed by atoms with E-state index in [1.54, 1.807) is 14.0 Å². The predicted octanol–water partition coefficient (Wildman–Crippen LogP) is 3.01. The Morgan fingerprint density at radius 1 is 1.12 bits per heavy atom. The Morgan fingerprint density at radius 2 is 1.85 bits per heavy atom. The number of hydroxylamine groups is 3. The van der Waals surface area contributed by atoms with Gasteiger partial charge in [-0.1, -0.05) is 30.3 Å². The van der Waals surface area contributed by atoms with Crippen LogP contribution in [-0.2, 0) is 9.53 Å². The number of carbonyl (C=O) groups excluding carboxylic acids is 1. The molecule has 4 rings (SSSR count). The van der Waals surface area contributed by atoms with E-state index >= 15 is 0 Å². The van der Waals surface area contributed by atoms with Gasteiger partial charge in [-0.3, -0.25) is 9.89 Å². The van der Waals surface area contributed by atoms with E-state index in [0.717, 1.165) is 35.4 Å². The lowest BCUT2D eigenvalue weighted by molar-refractivity contribution is -1.10. The zero-order chi connectivity index (χ0) is 23.4. The number of ether oxygens (including phenoxy) is 2. The van der Waals surface area contributed by atoms with E-state index in [1.807, 2.05) is 48.5 Å². The summed E-state index contributed by atoms with van der Waals surface area (Å²) in [6.45, 7) is 6.17. The van der Waals surface area contributed by atoms with Crippen molar-refractivity contribution in [1.29, 1.82) is 0 Å².